The molecule has 0 atom stereocenters. The topological polar surface area (TPSA) is 78.5 Å². The summed E-state index contributed by atoms with van der Waals surface area (Å²) in [7, 11) is 0. The Labute approximate surface area is 141 Å². The molecule has 1 saturated heterocycles. The standard InChI is InChI=1S/C15H17BrFN3O3/c1-3-15(4-2)13(22)20(14(23)19-15)8-12(21)18-11-6-5-9(16)7-10(11)17/h5-7H,3-4,8H2,1-2H3,(H,18,21)(H,19,23). The molecule has 1 aliphatic heterocycles. The van der Waals surface area contributed by atoms with Crippen molar-refractivity contribution in [2.24, 2.45) is 0 Å². The highest BCUT2D eigenvalue weighted by molar-refractivity contribution is 9.10. The van der Waals surface area contributed by atoms with E-state index in [9.17, 15) is 18.8 Å². The van der Waals surface area contributed by atoms with Crippen LogP contribution in [0.1, 0.15) is 26.7 Å². The molecule has 6 nitrogen and oxygen atoms in total. The zero-order chi connectivity index (χ0) is 17.2. The molecule has 1 aliphatic rings. The Morgan fingerprint density at radius 3 is 2.52 bits per heavy atom. The number of rotatable bonds is 5. The van der Waals surface area contributed by atoms with Crippen molar-refractivity contribution in [2.45, 2.75) is 32.2 Å². The van der Waals surface area contributed by atoms with Crippen LogP contribution in [0, 0.1) is 5.82 Å². The van der Waals surface area contributed by atoms with Crippen molar-refractivity contribution in [3.05, 3.63) is 28.5 Å². The number of halogens is 2. The summed E-state index contributed by atoms with van der Waals surface area (Å²) in [5, 5.41) is 4.99. The van der Waals surface area contributed by atoms with Crippen LogP contribution in [0.25, 0.3) is 0 Å². The first kappa shape index (κ1) is 17.4. The van der Waals surface area contributed by atoms with E-state index in [0.29, 0.717) is 17.3 Å². The molecule has 1 aromatic carbocycles. The molecule has 124 valence electrons. The van der Waals surface area contributed by atoms with Gasteiger partial charge in [0.2, 0.25) is 5.91 Å². The molecular formula is C15H17BrFN3O3. The molecular weight excluding hydrogens is 369 g/mol. The maximum atomic E-state index is 13.7. The van der Waals surface area contributed by atoms with E-state index in [1.165, 1.54) is 12.1 Å². The van der Waals surface area contributed by atoms with Crippen LogP contribution in [0.3, 0.4) is 0 Å². The van der Waals surface area contributed by atoms with Crippen molar-refractivity contribution >= 4 is 39.5 Å². The molecule has 0 aliphatic carbocycles. The minimum Gasteiger partial charge on any atom is -0.323 e. The van der Waals surface area contributed by atoms with Crippen LogP contribution < -0.4 is 10.6 Å². The predicted molar refractivity (Wildman–Crippen MR) is 86.3 cm³/mol. The Balaban J connectivity index is 2.08. The maximum Gasteiger partial charge on any atom is 0.325 e. The fourth-order valence-corrected chi connectivity index (χ4v) is 2.81. The third-order valence-corrected chi connectivity index (χ3v) is 4.45. The van der Waals surface area contributed by atoms with Gasteiger partial charge in [0.1, 0.15) is 17.9 Å². The average molecular weight is 386 g/mol. The SMILES string of the molecule is CCC1(CC)NC(=O)N(CC(=O)Nc2ccc(Br)cc2F)C1=O. The number of amides is 4. The molecule has 23 heavy (non-hydrogen) atoms. The second kappa shape index (κ2) is 6.66. The third kappa shape index (κ3) is 3.36. The number of hydrogen-bond donors (Lipinski definition) is 2. The van der Waals surface area contributed by atoms with Gasteiger partial charge in [0.15, 0.2) is 0 Å². The second-order valence-electron chi connectivity index (χ2n) is 5.28. The summed E-state index contributed by atoms with van der Waals surface area (Å²) in [6, 6.07) is 3.57. The Morgan fingerprint density at radius 2 is 2.00 bits per heavy atom. The Hall–Kier alpha value is -1.96. The first-order valence-corrected chi connectivity index (χ1v) is 8.01. The molecule has 0 unspecified atom stereocenters. The highest BCUT2D eigenvalue weighted by Crippen LogP contribution is 2.25. The van der Waals surface area contributed by atoms with Gasteiger partial charge in [-0.3, -0.25) is 14.5 Å². The fraction of sp³-hybridized carbons (Fsp3) is 0.400. The monoisotopic (exact) mass is 385 g/mol. The van der Waals surface area contributed by atoms with Gasteiger partial charge in [-0.15, -0.1) is 0 Å². The molecule has 0 radical (unpaired) electrons. The van der Waals surface area contributed by atoms with Crippen molar-refractivity contribution < 1.29 is 18.8 Å². The van der Waals surface area contributed by atoms with Gasteiger partial charge in [-0.2, -0.15) is 0 Å². The van der Waals surface area contributed by atoms with Gasteiger partial charge in [-0.25, -0.2) is 9.18 Å². The number of imide groups is 1. The molecule has 4 amide bonds. The number of nitrogens with zero attached hydrogens (tertiary/aromatic N) is 1. The zero-order valence-corrected chi connectivity index (χ0v) is 14.4. The van der Waals surface area contributed by atoms with Crippen LogP contribution >= 0.6 is 15.9 Å². The van der Waals surface area contributed by atoms with E-state index in [0.717, 1.165) is 4.90 Å². The molecule has 1 aromatic rings. The highest BCUT2D eigenvalue weighted by Gasteiger charge is 2.49. The number of hydrogen-bond acceptors (Lipinski definition) is 3. The lowest BCUT2D eigenvalue weighted by molar-refractivity contribution is -0.134. The van der Waals surface area contributed by atoms with Crippen molar-refractivity contribution in [2.75, 3.05) is 11.9 Å². The smallest absolute Gasteiger partial charge is 0.323 e. The molecule has 0 bridgehead atoms. The van der Waals surface area contributed by atoms with Crippen LogP contribution in [0.15, 0.2) is 22.7 Å². The van der Waals surface area contributed by atoms with E-state index in [2.05, 4.69) is 26.6 Å². The van der Waals surface area contributed by atoms with Gasteiger partial charge in [-0.05, 0) is 31.0 Å². The van der Waals surface area contributed by atoms with Crippen molar-refractivity contribution in [1.82, 2.24) is 10.2 Å². The number of carbonyl (C=O) groups excluding carboxylic acids is 3. The minimum atomic E-state index is -0.958. The first-order valence-electron chi connectivity index (χ1n) is 7.22. The normalized spacial score (nSPS) is 16.4. The average Bonchev–Trinajstić information content (AvgIpc) is 2.75. The van der Waals surface area contributed by atoms with Gasteiger partial charge in [0.05, 0.1) is 5.69 Å². The Bertz CT molecular complexity index is 661. The van der Waals surface area contributed by atoms with Gasteiger partial charge >= 0.3 is 6.03 Å². The van der Waals surface area contributed by atoms with Crippen molar-refractivity contribution in [1.29, 1.82) is 0 Å². The molecule has 8 heteroatoms. The maximum absolute atomic E-state index is 13.7. The largest absolute Gasteiger partial charge is 0.325 e. The van der Waals surface area contributed by atoms with E-state index >= 15 is 0 Å². The van der Waals surface area contributed by atoms with E-state index < -0.39 is 35.7 Å². The highest BCUT2D eigenvalue weighted by atomic mass is 79.9. The quantitative estimate of drug-likeness (QED) is 0.764. The molecule has 1 fully saturated rings. The van der Waals surface area contributed by atoms with Crippen LogP contribution in [-0.4, -0.2) is 34.8 Å². The summed E-state index contributed by atoms with van der Waals surface area (Å²) >= 11 is 3.12. The number of carbonyl (C=O) groups is 3. The molecule has 0 aromatic heterocycles. The van der Waals surface area contributed by atoms with E-state index in [1.807, 2.05) is 0 Å². The van der Waals surface area contributed by atoms with Crippen LogP contribution in [0.2, 0.25) is 0 Å². The third-order valence-electron chi connectivity index (χ3n) is 3.96. The second-order valence-corrected chi connectivity index (χ2v) is 6.20. The number of benzene rings is 1. The summed E-state index contributed by atoms with van der Waals surface area (Å²) in [6.07, 6.45) is 0.876. The fourth-order valence-electron chi connectivity index (χ4n) is 2.47. The first-order chi connectivity index (χ1) is 10.8. The zero-order valence-electron chi connectivity index (χ0n) is 12.8. The predicted octanol–water partition coefficient (Wildman–Crippen LogP) is 2.64. The van der Waals surface area contributed by atoms with Gasteiger partial charge in [-0.1, -0.05) is 29.8 Å². The summed E-state index contributed by atoms with van der Waals surface area (Å²) in [5.74, 6) is -1.68. The number of anilines is 1. The lowest BCUT2D eigenvalue weighted by Crippen LogP contribution is -2.46. The van der Waals surface area contributed by atoms with Crippen molar-refractivity contribution in [3.8, 4) is 0 Å². The van der Waals surface area contributed by atoms with Crippen LogP contribution in [0.4, 0.5) is 14.9 Å². The molecule has 0 saturated carbocycles. The van der Waals surface area contributed by atoms with E-state index in [1.54, 1.807) is 19.9 Å². The summed E-state index contributed by atoms with van der Waals surface area (Å²) in [4.78, 5) is 37.2. The van der Waals surface area contributed by atoms with Gasteiger partial charge in [0, 0.05) is 4.47 Å². The van der Waals surface area contributed by atoms with E-state index in [4.69, 9.17) is 0 Å². The molecule has 2 rings (SSSR count). The van der Waals surface area contributed by atoms with Crippen molar-refractivity contribution in [3.63, 3.8) is 0 Å². The summed E-state index contributed by atoms with van der Waals surface area (Å²) < 4.78 is 14.2. The van der Waals surface area contributed by atoms with Gasteiger partial charge < -0.3 is 10.6 Å². The number of nitrogens with one attached hydrogen (secondary N) is 2. The molecule has 2 N–H and O–H groups in total. The van der Waals surface area contributed by atoms with E-state index in [-0.39, 0.29) is 5.69 Å². The summed E-state index contributed by atoms with van der Waals surface area (Å²) in [6.45, 7) is 3.13. The lowest BCUT2D eigenvalue weighted by Gasteiger charge is -2.23. The lowest BCUT2D eigenvalue weighted by atomic mass is 9.93. The molecule has 0 spiro atoms. The van der Waals surface area contributed by atoms with Crippen LogP contribution in [0.5, 0.6) is 0 Å². The molecule has 1 heterocycles. The van der Waals surface area contributed by atoms with Crippen LogP contribution in [-0.2, 0) is 9.59 Å². The van der Waals surface area contributed by atoms with Gasteiger partial charge in [0.25, 0.3) is 5.91 Å². The Morgan fingerprint density at radius 1 is 1.35 bits per heavy atom. The Kier molecular flexibility index (Phi) is 5.03. The summed E-state index contributed by atoms with van der Waals surface area (Å²) in [5.41, 5.74) is -0.970. The minimum absolute atomic E-state index is 0.0116. The number of urea groups is 1.